The summed E-state index contributed by atoms with van der Waals surface area (Å²) in [4.78, 5) is -0.266. The van der Waals surface area contributed by atoms with E-state index >= 15 is 0 Å². The van der Waals surface area contributed by atoms with E-state index in [2.05, 4.69) is 0 Å². The number of rotatable bonds is 6. The van der Waals surface area contributed by atoms with Gasteiger partial charge in [-0.2, -0.15) is 9.57 Å². The van der Waals surface area contributed by atoms with Crippen LogP contribution in [0.4, 0.5) is 13.2 Å². The average molecular weight is 442 g/mol. The number of hydrogen-bond donors (Lipinski definition) is 2. The van der Waals surface area contributed by atoms with E-state index in [1.54, 1.807) is 6.07 Å². The fourth-order valence-electron chi connectivity index (χ4n) is 3.07. The monoisotopic (exact) mass is 442 g/mol. The third-order valence-corrected chi connectivity index (χ3v) is 6.63. The Morgan fingerprint density at radius 1 is 1.27 bits per heavy atom. The molecule has 0 aromatic heterocycles. The summed E-state index contributed by atoms with van der Waals surface area (Å²) < 4.78 is 71.3. The van der Waals surface area contributed by atoms with Crippen molar-refractivity contribution in [1.29, 1.82) is 5.26 Å². The van der Waals surface area contributed by atoms with Gasteiger partial charge in [0.25, 0.3) is 6.43 Å². The van der Waals surface area contributed by atoms with Crippen LogP contribution in [-0.4, -0.2) is 54.3 Å². The van der Waals surface area contributed by atoms with Gasteiger partial charge >= 0.3 is 0 Å². The molecule has 1 fully saturated rings. The third-order valence-electron chi connectivity index (χ3n) is 4.80. The smallest absolute Gasteiger partial charge is 0.263 e. The van der Waals surface area contributed by atoms with Crippen LogP contribution in [-0.2, 0) is 10.0 Å². The average Bonchev–Trinajstić information content (AvgIpc) is 3.06. The lowest BCUT2D eigenvalue weighted by Gasteiger charge is -2.27. The molecule has 0 radical (unpaired) electrons. The van der Waals surface area contributed by atoms with E-state index in [9.17, 15) is 31.8 Å². The van der Waals surface area contributed by atoms with Crippen molar-refractivity contribution in [2.24, 2.45) is 0 Å². The Hall–Kier alpha value is -2.65. The first-order valence-corrected chi connectivity index (χ1v) is 10.1. The van der Waals surface area contributed by atoms with Gasteiger partial charge in [0, 0.05) is 18.2 Å². The summed E-state index contributed by atoms with van der Waals surface area (Å²) in [6, 6.07) is 9.02. The van der Waals surface area contributed by atoms with Gasteiger partial charge in [0.1, 0.15) is 29.3 Å². The van der Waals surface area contributed by atoms with Gasteiger partial charge in [0.2, 0.25) is 10.0 Å². The molecule has 0 bridgehead atoms. The zero-order valence-electron chi connectivity index (χ0n) is 15.4. The van der Waals surface area contributed by atoms with Crippen LogP contribution < -0.4 is 4.74 Å². The first-order chi connectivity index (χ1) is 14.1. The highest BCUT2D eigenvalue weighted by molar-refractivity contribution is 7.89. The lowest BCUT2D eigenvalue weighted by Crippen LogP contribution is -2.48. The topological polar surface area (TPSA) is 111 Å². The van der Waals surface area contributed by atoms with Crippen LogP contribution in [0.25, 0.3) is 0 Å². The lowest BCUT2D eigenvalue weighted by molar-refractivity contribution is -0.0641. The largest absolute Gasteiger partial charge is 0.486 e. The van der Waals surface area contributed by atoms with Crippen molar-refractivity contribution in [2.45, 2.75) is 23.0 Å². The molecule has 0 spiro atoms. The maximum atomic E-state index is 13.8. The van der Waals surface area contributed by atoms with Crippen LogP contribution in [0.2, 0.25) is 0 Å². The number of hydrogen-bond acceptors (Lipinski definition) is 6. The molecule has 160 valence electrons. The minimum absolute atomic E-state index is 0.0658. The second kappa shape index (κ2) is 8.23. The Morgan fingerprint density at radius 2 is 1.93 bits per heavy atom. The Labute approximate surface area is 170 Å². The molecule has 2 N–H and O–H groups in total. The zero-order valence-corrected chi connectivity index (χ0v) is 16.2. The van der Waals surface area contributed by atoms with Crippen LogP contribution in [0.5, 0.6) is 5.75 Å². The van der Waals surface area contributed by atoms with Gasteiger partial charge in [-0.15, -0.1) is 0 Å². The maximum Gasteiger partial charge on any atom is 0.263 e. The lowest BCUT2D eigenvalue weighted by atomic mass is 10.0. The summed E-state index contributed by atoms with van der Waals surface area (Å²) in [5.41, 5.74) is -2.55. The third kappa shape index (κ3) is 4.13. The molecule has 2 aromatic carbocycles. The van der Waals surface area contributed by atoms with E-state index < -0.39 is 47.1 Å². The number of nitrogens with zero attached hydrogens (tertiary/aromatic N) is 2. The second-order valence-corrected chi connectivity index (χ2v) is 8.73. The second-order valence-electron chi connectivity index (χ2n) is 6.79. The van der Waals surface area contributed by atoms with Gasteiger partial charge in [0.05, 0.1) is 23.6 Å². The minimum atomic E-state index is -4.19. The van der Waals surface area contributed by atoms with Gasteiger partial charge in [-0.3, -0.25) is 0 Å². The van der Waals surface area contributed by atoms with E-state index in [1.807, 2.05) is 0 Å². The quantitative estimate of drug-likeness (QED) is 0.706. The summed E-state index contributed by atoms with van der Waals surface area (Å²) in [5, 5.41) is 29.0. The normalized spacial score (nSPS) is 22.2. The summed E-state index contributed by atoms with van der Waals surface area (Å²) >= 11 is 0. The van der Waals surface area contributed by atoms with Crippen molar-refractivity contribution >= 4 is 10.0 Å². The highest BCUT2D eigenvalue weighted by atomic mass is 32.2. The molecule has 1 heterocycles. The van der Waals surface area contributed by atoms with Crippen molar-refractivity contribution in [1.82, 2.24) is 4.31 Å². The summed E-state index contributed by atoms with van der Waals surface area (Å²) in [6.45, 7) is -1.74. The molecule has 11 heteroatoms. The Kier molecular flexibility index (Phi) is 6.05. The molecule has 0 aliphatic carbocycles. The number of β-amino-alcohol motifs (C(OH)–C–C–N with tert-alkyl or cyclic N) is 1. The molecule has 1 aliphatic rings. The van der Waals surface area contributed by atoms with Crippen LogP contribution >= 0.6 is 0 Å². The van der Waals surface area contributed by atoms with Gasteiger partial charge in [-0.1, -0.05) is 12.1 Å². The van der Waals surface area contributed by atoms with Crippen molar-refractivity contribution in [2.75, 3.05) is 19.7 Å². The van der Waals surface area contributed by atoms with Gasteiger partial charge in [0.15, 0.2) is 0 Å². The molecule has 1 aliphatic heterocycles. The van der Waals surface area contributed by atoms with Crippen molar-refractivity contribution in [3.05, 3.63) is 59.4 Å². The predicted molar refractivity (Wildman–Crippen MR) is 97.7 cm³/mol. The van der Waals surface area contributed by atoms with E-state index in [-0.39, 0.29) is 28.3 Å². The number of benzene rings is 2. The number of sulfonamides is 1. The fourth-order valence-corrected chi connectivity index (χ4v) is 4.57. The molecule has 7 nitrogen and oxygen atoms in total. The number of alkyl halides is 2. The number of halogens is 3. The minimum Gasteiger partial charge on any atom is -0.486 e. The highest BCUT2D eigenvalue weighted by Gasteiger charge is 2.50. The standard InChI is InChI=1S/C19H17F3N2O5S/c20-16-7-14(4-1-13(16)8-23)29-17-9-24(10-19(17,26)11-25)30(27,28)15-5-2-12(3-6-15)18(21)22/h1-7,17-18,25-26H,9-11H2/t17-,19+/m0/s1. The molecule has 0 amide bonds. The van der Waals surface area contributed by atoms with E-state index in [0.717, 1.165) is 40.7 Å². The highest BCUT2D eigenvalue weighted by Crippen LogP contribution is 2.31. The molecule has 0 unspecified atom stereocenters. The molecule has 2 atom stereocenters. The molecule has 30 heavy (non-hydrogen) atoms. The van der Waals surface area contributed by atoms with Gasteiger partial charge in [-0.25, -0.2) is 21.6 Å². The molecule has 0 saturated carbocycles. The first kappa shape index (κ1) is 22.0. The van der Waals surface area contributed by atoms with Crippen molar-refractivity contribution in [3.8, 4) is 11.8 Å². The van der Waals surface area contributed by atoms with E-state index in [0.29, 0.717) is 0 Å². The van der Waals surface area contributed by atoms with E-state index in [4.69, 9.17) is 10.00 Å². The molecular weight excluding hydrogens is 425 g/mol. The Morgan fingerprint density at radius 3 is 2.47 bits per heavy atom. The van der Waals surface area contributed by atoms with Crippen molar-refractivity contribution in [3.63, 3.8) is 0 Å². The van der Waals surface area contributed by atoms with E-state index in [1.165, 1.54) is 6.07 Å². The zero-order chi connectivity index (χ0) is 22.1. The van der Waals surface area contributed by atoms with Gasteiger partial charge in [-0.05, 0) is 24.3 Å². The number of aliphatic hydroxyl groups is 2. The maximum absolute atomic E-state index is 13.8. The Bertz CT molecular complexity index is 1070. The van der Waals surface area contributed by atoms with Crippen LogP contribution in [0, 0.1) is 17.1 Å². The van der Waals surface area contributed by atoms with Crippen LogP contribution in [0.1, 0.15) is 17.6 Å². The Balaban J connectivity index is 1.85. The SMILES string of the molecule is N#Cc1ccc(O[C@H]2CN(S(=O)(=O)c3ccc(C(F)F)cc3)C[C@@]2(O)CO)cc1F. The summed E-state index contributed by atoms with van der Waals surface area (Å²) in [6.07, 6.45) is -4.00. The van der Waals surface area contributed by atoms with Gasteiger partial charge < -0.3 is 14.9 Å². The first-order valence-electron chi connectivity index (χ1n) is 8.68. The molecule has 1 saturated heterocycles. The predicted octanol–water partition coefficient (Wildman–Crippen LogP) is 1.81. The molecular formula is C19H17F3N2O5S. The number of ether oxygens (including phenoxy) is 1. The molecule has 3 rings (SSSR count). The van der Waals surface area contributed by atoms with Crippen LogP contribution in [0.15, 0.2) is 47.4 Å². The molecule has 2 aromatic rings. The number of nitriles is 1. The number of aliphatic hydroxyl groups excluding tert-OH is 1. The fraction of sp³-hybridized carbons (Fsp3) is 0.316. The summed E-state index contributed by atoms with van der Waals surface area (Å²) in [7, 11) is -4.19. The van der Waals surface area contributed by atoms with Crippen LogP contribution in [0.3, 0.4) is 0 Å². The summed E-state index contributed by atoms with van der Waals surface area (Å²) in [5.74, 6) is -0.923. The van der Waals surface area contributed by atoms with Crippen molar-refractivity contribution < 1.29 is 36.5 Å².